The number of rotatable bonds is 2. The smallest absolute Gasteiger partial charge is 0.0997 e. The lowest BCUT2D eigenvalue weighted by molar-refractivity contribution is -0.349. The van der Waals surface area contributed by atoms with Gasteiger partial charge in [0, 0.05) is 5.57 Å². The van der Waals surface area contributed by atoms with Crippen LogP contribution in [0.15, 0.2) is 36.9 Å². The topological polar surface area (TPSA) is 27.6 Å². The van der Waals surface area contributed by atoms with E-state index < -0.39 is 0 Å². The van der Waals surface area contributed by atoms with Crippen LogP contribution in [0.4, 0.5) is 0 Å². The van der Waals surface area contributed by atoms with Gasteiger partial charge in [0.2, 0.25) is 0 Å². The summed E-state index contributed by atoms with van der Waals surface area (Å²) in [5.74, 6) is 0. The number of benzene rings is 1. The van der Waals surface area contributed by atoms with Crippen molar-refractivity contribution in [2.24, 2.45) is 0 Å². The van der Waals surface area contributed by atoms with Gasteiger partial charge in [0.25, 0.3) is 0 Å². The van der Waals surface area contributed by atoms with E-state index in [0.29, 0.717) is 0 Å². The van der Waals surface area contributed by atoms with Crippen LogP contribution < -0.4 is 29.7 Å². The molecule has 1 rings (SSSR count). The highest BCUT2D eigenvalue weighted by molar-refractivity contribution is 5.63. The summed E-state index contributed by atoms with van der Waals surface area (Å²) in [6.07, 6.45) is 0. The Hall–Kier alpha value is -0.350. The van der Waals surface area contributed by atoms with Gasteiger partial charge in [-0.3, -0.25) is 0 Å². The first-order valence-electron chi connectivity index (χ1n) is 3.37. The molecule has 0 unspecified atom stereocenters. The standard InChI is InChI=1S/C9H11N.HI/c1-8(7-10)9-5-3-2-4-6-9;/h2-6H,1,7,10H2;1H. The van der Waals surface area contributed by atoms with Crippen molar-refractivity contribution in [3.63, 3.8) is 0 Å². The van der Waals surface area contributed by atoms with E-state index in [4.69, 9.17) is 0 Å². The van der Waals surface area contributed by atoms with Crippen LogP contribution in [0, 0.1) is 0 Å². The molecule has 0 spiro atoms. The largest absolute Gasteiger partial charge is 1.00 e. The van der Waals surface area contributed by atoms with Gasteiger partial charge < -0.3 is 29.7 Å². The fourth-order valence-electron chi connectivity index (χ4n) is 0.818. The molecule has 1 aromatic rings. The molecular formula is C9H12IN. The maximum Gasteiger partial charge on any atom is 0.0997 e. The Bertz CT molecular complexity index is 218. The SMILES string of the molecule is C=C(C[NH3+])c1ccccc1.[I-]. The van der Waals surface area contributed by atoms with Crippen LogP contribution in [0.1, 0.15) is 5.56 Å². The van der Waals surface area contributed by atoms with Gasteiger partial charge in [0.05, 0.1) is 6.54 Å². The molecule has 0 bridgehead atoms. The Morgan fingerprint density at radius 3 is 2.27 bits per heavy atom. The van der Waals surface area contributed by atoms with Gasteiger partial charge in [-0.1, -0.05) is 36.9 Å². The third kappa shape index (κ3) is 3.03. The van der Waals surface area contributed by atoms with Crippen molar-refractivity contribution in [3.8, 4) is 0 Å². The highest BCUT2D eigenvalue weighted by Gasteiger charge is 1.93. The lowest BCUT2D eigenvalue weighted by Crippen LogP contribution is -3.00. The van der Waals surface area contributed by atoms with E-state index in [9.17, 15) is 0 Å². The molecule has 1 nitrogen and oxygen atoms in total. The highest BCUT2D eigenvalue weighted by atomic mass is 127. The number of halogens is 1. The monoisotopic (exact) mass is 261 g/mol. The summed E-state index contributed by atoms with van der Waals surface area (Å²) in [5, 5.41) is 0. The first kappa shape index (κ1) is 10.7. The lowest BCUT2D eigenvalue weighted by atomic mass is 10.1. The third-order valence-electron chi connectivity index (χ3n) is 1.48. The van der Waals surface area contributed by atoms with Crippen molar-refractivity contribution in [3.05, 3.63) is 42.5 Å². The van der Waals surface area contributed by atoms with Gasteiger partial charge in [0.15, 0.2) is 0 Å². The predicted octanol–water partition coefficient (Wildman–Crippen LogP) is -2.05. The minimum absolute atomic E-state index is 0. The van der Waals surface area contributed by atoms with E-state index >= 15 is 0 Å². The summed E-state index contributed by atoms with van der Waals surface area (Å²) in [5.41, 5.74) is 6.05. The molecule has 0 saturated heterocycles. The van der Waals surface area contributed by atoms with Gasteiger partial charge in [-0.2, -0.15) is 0 Å². The van der Waals surface area contributed by atoms with Crippen molar-refractivity contribution >= 4 is 5.57 Å². The molecule has 1 aromatic carbocycles. The van der Waals surface area contributed by atoms with E-state index in [1.165, 1.54) is 5.56 Å². The molecule has 0 radical (unpaired) electrons. The second kappa shape index (κ2) is 5.32. The second-order valence-corrected chi connectivity index (χ2v) is 2.22. The zero-order valence-corrected chi connectivity index (χ0v) is 8.54. The van der Waals surface area contributed by atoms with Gasteiger partial charge in [0.1, 0.15) is 0 Å². The molecule has 0 atom stereocenters. The first-order valence-corrected chi connectivity index (χ1v) is 3.37. The van der Waals surface area contributed by atoms with Crippen LogP contribution >= 0.6 is 0 Å². The van der Waals surface area contributed by atoms with Gasteiger partial charge in [-0.15, -0.1) is 0 Å². The third-order valence-corrected chi connectivity index (χ3v) is 1.48. The summed E-state index contributed by atoms with van der Waals surface area (Å²) in [4.78, 5) is 0. The maximum atomic E-state index is 3.88. The van der Waals surface area contributed by atoms with Crippen LogP contribution in [-0.4, -0.2) is 6.54 Å². The van der Waals surface area contributed by atoms with Crippen molar-refractivity contribution in [2.45, 2.75) is 0 Å². The lowest BCUT2D eigenvalue weighted by Gasteiger charge is -1.97. The van der Waals surface area contributed by atoms with Crippen molar-refractivity contribution < 1.29 is 29.7 Å². The van der Waals surface area contributed by atoms with Crippen LogP contribution in [0.25, 0.3) is 5.57 Å². The molecule has 0 fully saturated rings. The average molecular weight is 261 g/mol. The molecule has 0 aliphatic carbocycles. The van der Waals surface area contributed by atoms with Crippen molar-refractivity contribution in [1.82, 2.24) is 0 Å². The minimum Gasteiger partial charge on any atom is -1.00 e. The summed E-state index contributed by atoms with van der Waals surface area (Å²) < 4.78 is 0. The summed E-state index contributed by atoms with van der Waals surface area (Å²) >= 11 is 0. The van der Waals surface area contributed by atoms with Crippen molar-refractivity contribution in [1.29, 1.82) is 0 Å². The molecule has 2 heteroatoms. The predicted molar refractivity (Wildman–Crippen MR) is 43.2 cm³/mol. The molecule has 0 saturated carbocycles. The molecule has 0 amide bonds. The Morgan fingerprint density at radius 1 is 1.27 bits per heavy atom. The van der Waals surface area contributed by atoms with Gasteiger partial charge in [-0.05, 0) is 5.56 Å². The molecule has 0 heterocycles. The number of hydrogen-bond donors (Lipinski definition) is 1. The van der Waals surface area contributed by atoms with Crippen LogP contribution in [0.2, 0.25) is 0 Å². The zero-order valence-electron chi connectivity index (χ0n) is 6.39. The fourth-order valence-corrected chi connectivity index (χ4v) is 0.818. The molecular weight excluding hydrogens is 249 g/mol. The van der Waals surface area contributed by atoms with Gasteiger partial charge >= 0.3 is 0 Å². The first-order chi connectivity index (χ1) is 4.84. The summed E-state index contributed by atoms with van der Waals surface area (Å²) in [7, 11) is 0. The quantitative estimate of drug-likeness (QED) is 0.593. The molecule has 60 valence electrons. The number of quaternary nitrogens is 1. The van der Waals surface area contributed by atoms with E-state index in [2.05, 4.69) is 12.3 Å². The average Bonchev–Trinajstić information content (AvgIpc) is 2.05. The second-order valence-electron chi connectivity index (χ2n) is 2.22. The highest BCUT2D eigenvalue weighted by Crippen LogP contribution is 2.07. The van der Waals surface area contributed by atoms with E-state index in [-0.39, 0.29) is 24.0 Å². The van der Waals surface area contributed by atoms with Gasteiger partial charge in [-0.25, -0.2) is 0 Å². The summed E-state index contributed by atoms with van der Waals surface area (Å²) in [6, 6.07) is 10.1. The Kier molecular flexibility index (Phi) is 5.15. The van der Waals surface area contributed by atoms with Crippen LogP contribution in [0.5, 0.6) is 0 Å². The Balaban J connectivity index is 0.000001000. The van der Waals surface area contributed by atoms with E-state index in [1.54, 1.807) is 0 Å². The molecule has 3 N–H and O–H groups in total. The Morgan fingerprint density at radius 2 is 1.82 bits per heavy atom. The number of hydrogen-bond acceptors (Lipinski definition) is 0. The van der Waals surface area contributed by atoms with Crippen LogP contribution in [0.3, 0.4) is 0 Å². The van der Waals surface area contributed by atoms with E-state index in [1.807, 2.05) is 30.3 Å². The van der Waals surface area contributed by atoms with Crippen LogP contribution in [-0.2, 0) is 0 Å². The molecule has 0 aliphatic heterocycles. The molecule has 11 heavy (non-hydrogen) atoms. The zero-order chi connectivity index (χ0) is 7.40. The molecule has 0 aliphatic rings. The maximum absolute atomic E-state index is 3.88. The summed E-state index contributed by atoms with van der Waals surface area (Å²) in [6.45, 7) is 4.66. The minimum atomic E-state index is 0. The van der Waals surface area contributed by atoms with Crippen molar-refractivity contribution in [2.75, 3.05) is 6.54 Å². The Labute approximate surface area is 84.3 Å². The normalized spacial score (nSPS) is 8.45. The van der Waals surface area contributed by atoms with E-state index in [0.717, 1.165) is 12.1 Å². The fraction of sp³-hybridized carbons (Fsp3) is 0.111. The molecule has 0 aromatic heterocycles.